The second kappa shape index (κ2) is 4.83. The average molecular weight is 248 g/mol. The maximum atomic E-state index is 6.01. The van der Waals surface area contributed by atoms with Gasteiger partial charge in [0.2, 0.25) is 0 Å². The number of ether oxygens (including phenoxy) is 2. The van der Waals surface area contributed by atoms with E-state index in [4.69, 9.17) is 9.47 Å². The quantitative estimate of drug-likeness (QED) is 0.779. The van der Waals surface area contributed by atoms with E-state index in [1.807, 2.05) is 12.1 Å². The van der Waals surface area contributed by atoms with Crippen LogP contribution in [0.25, 0.3) is 0 Å². The second-order valence-electron chi connectivity index (χ2n) is 6.39. The Morgan fingerprint density at radius 3 is 2.33 bits per heavy atom. The zero-order valence-corrected chi connectivity index (χ0v) is 12.1. The Kier molecular flexibility index (Phi) is 3.56. The van der Waals surface area contributed by atoms with Crippen LogP contribution in [0.1, 0.15) is 58.9 Å². The zero-order valence-electron chi connectivity index (χ0n) is 12.1. The molecule has 1 aliphatic rings. The third-order valence-corrected chi connectivity index (χ3v) is 2.85. The third kappa shape index (κ3) is 3.66. The van der Waals surface area contributed by atoms with Crippen LogP contribution < -0.4 is 9.47 Å². The Hall–Kier alpha value is -1.18. The lowest BCUT2D eigenvalue weighted by molar-refractivity contribution is 0.128. The maximum absolute atomic E-state index is 6.01. The van der Waals surface area contributed by atoms with E-state index in [0.29, 0.717) is 12.0 Å². The van der Waals surface area contributed by atoms with Gasteiger partial charge in [0.05, 0.1) is 6.10 Å². The van der Waals surface area contributed by atoms with Gasteiger partial charge in [-0.05, 0) is 57.7 Å². The van der Waals surface area contributed by atoms with E-state index in [1.165, 1.54) is 18.4 Å². The lowest BCUT2D eigenvalue weighted by atomic mass is 10.0. The molecule has 1 fully saturated rings. The molecule has 0 N–H and O–H groups in total. The third-order valence-electron chi connectivity index (χ3n) is 2.85. The van der Waals surface area contributed by atoms with E-state index in [1.54, 1.807) is 0 Å². The first-order valence-corrected chi connectivity index (χ1v) is 6.85. The maximum Gasteiger partial charge on any atom is 0.123 e. The minimum absolute atomic E-state index is 0.164. The van der Waals surface area contributed by atoms with Crippen LogP contribution in [-0.2, 0) is 0 Å². The lowest BCUT2D eigenvalue weighted by Crippen LogP contribution is -2.23. The Morgan fingerprint density at radius 2 is 1.83 bits per heavy atom. The molecule has 2 heteroatoms. The molecule has 0 aliphatic heterocycles. The molecule has 1 saturated carbocycles. The summed E-state index contributed by atoms with van der Waals surface area (Å²) >= 11 is 0. The van der Waals surface area contributed by atoms with Crippen molar-refractivity contribution in [1.29, 1.82) is 0 Å². The van der Waals surface area contributed by atoms with Crippen LogP contribution in [-0.4, -0.2) is 11.7 Å². The predicted molar refractivity (Wildman–Crippen MR) is 74.6 cm³/mol. The second-order valence-corrected chi connectivity index (χ2v) is 6.39. The molecular formula is C16H24O2. The average Bonchev–Trinajstić information content (AvgIpc) is 3.01. The van der Waals surface area contributed by atoms with Gasteiger partial charge in [-0.1, -0.05) is 13.8 Å². The molecule has 0 heterocycles. The molecule has 2 nitrogen and oxygen atoms in total. The first-order valence-electron chi connectivity index (χ1n) is 6.85. The molecule has 0 amide bonds. The van der Waals surface area contributed by atoms with E-state index >= 15 is 0 Å². The van der Waals surface area contributed by atoms with E-state index in [2.05, 4.69) is 40.7 Å². The molecule has 0 bridgehead atoms. The Balaban J connectivity index is 2.22. The minimum Gasteiger partial charge on any atom is -0.490 e. The summed E-state index contributed by atoms with van der Waals surface area (Å²) in [5.74, 6) is 2.38. The SMILES string of the molecule is CC(C)c1cc(OC2CC2)ccc1OC(C)(C)C. The predicted octanol–water partition coefficient (Wildman–Crippen LogP) is 4.53. The Labute approximate surface area is 110 Å². The molecule has 0 aromatic heterocycles. The highest BCUT2D eigenvalue weighted by Gasteiger charge is 2.24. The summed E-state index contributed by atoms with van der Waals surface area (Å²) in [6, 6.07) is 6.19. The van der Waals surface area contributed by atoms with Crippen LogP contribution in [0.4, 0.5) is 0 Å². The molecule has 0 spiro atoms. The summed E-state index contributed by atoms with van der Waals surface area (Å²) in [6.45, 7) is 10.6. The van der Waals surface area contributed by atoms with Gasteiger partial charge in [0.25, 0.3) is 0 Å². The monoisotopic (exact) mass is 248 g/mol. The highest BCUT2D eigenvalue weighted by molar-refractivity contribution is 5.42. The summed E-state index contributed by atoms with van der Waals surface area (Å²) in [5, 5.41) is 0. The largest absolute Gasteiger partial charge is 0.490 e. The van der Waals surface area contributed by atoms with Crippen LogP contribution >= 0.6 is 0 Å². The summed E-state index contributed by atoms with van der Waals surface area (Å²) < 4.78 is 11.9. The van der Waals surface area contributed by atoms with Crippen molar-refractivity contribution < 1.29 is 9.47 Å². The zero-order chi connectivity index (χ0) is 13.3. The van der Waals surface area contributed by atoms with Gasteiger partial charge in [0, 0.05) is 5.56 Å². The van der Waals surface area contributed by atoms with Crippen LogP contribution in [0.15, 0.2) is 18.2 Å². The first-order chi connectivity index (χ1) is 8.35. The number of rotatable bonds is 4. The fourth-order valence-electron chi connectivity index (χ4n) is 1.85. The Bertz CT molecular complexity index is 412. The normalized spacial score (nSPS) is 15.9. The fraction of sp³-hybridized carbons (Fsp3) is 0.625. The highest BCUT2D eigenvalue weighted by atomic mass is 16.5. The van der Waals surface area contributed by atoms with Crippen molar-refractivity contribution in [2.24, 2.45) is 0 Å². The topological polar surface area (TPSA) is 18.5 Å². The number of benzene rings is 1. The molecule has 0 atom stereocenters. The molecule has 1 aliphatic carbocycles. The van der Waals surface area contributed by atoms with Crippen molar-refractivity contribution in [3.05, 3.63) is 23.8 Å². The molecule has 0 saturated heterocycles. The van der Waals surface area contributed by atoms with Crippen LogP contribution in [0, 0.1) is 0 Å². The van der Waals surface area contributed by atoms with Gasteiger partial charge in [-0.15, -0.1) is 0 Å². The summed E-state index contributed by atoms with van der Waals surface area (Å²) in [5.41, 5.74) is 1.06. The van der Waals surface area contributed by atoms with Gasteiger partial charge in [-0.25, -0.2) is 0 Å². The minimum atomic E-state index is -0.164. The standard InChI is InChI=1S/C16H24O2/c1-11(2)14-10-13(17-12-6-7-12)8-9-15(14)18-16(3,4)5/h8-12H,6-7H2,1-5H3. The van der Waals surface area contributed by atoms with Crippen molar-refractivity contribution in [3.63, 3.8) is 0 Å². The summed E-state index contributed by atoms with van der Waals surface area (Å²) in [4.78, 5) is 0. The van der Waals surface area contributed by atoms with Gasteiger partial charge in [-0.2, -0.15) is 0 Å². The molecule has 0 radical (unpaired) electrons. The van der Waals surface area contributed by atoms with E-state index < -0.39 is 0 Å². The van der Waals surface area contributed by atoms with E-state index in [-0.39, 0.29) is 5.60 Å². The van der Waals surface area contributed by atoms with Gasteiger partial charge >= 0.3 is 0 Å². The summed E-state index contributed by atoms with van der Waals surface area (Å²) in [7, 11) is 0. The van der Waals surface area contributed by atoms with Crippen LogP contribution in [0.3, 0.4) is 0 Å². The molecule has 100 valence electrons. The van der Waals surface area contributed by atoms with E-state index in [0.717, 1.165) is 11.5 Å². The van der Waals surface area contributed by atoms with Gasteiger partial charge in [0.1, 0.15) is 17.1 Å². The highest BCUT2D eigenvalue weighted by Crippen LogP contribution is 2.34. The van der Waals surface area contributed by atoms with Crippen molar-refractivity contribution in [1.82, 2.24) is 0 Å². The van der Waals surface area contributed by atoms with Crippen molar-refractivity contribution in [2.45, 2.75) is 65.1 Å². The van der Waals surface area contributed by atoms with Gasteiger partial charge in [0.15, 0.2) is 0 Å². The molecule has 2 rings (SSSR count). The van der Waals surface area contributed by atoms with Gasteiger partial charge in [-0.3, -0.25) is 0 Å². The fourth-order valence-corrected chi connectivity index (χ4v) is 1.85. The number of hydrogen-bond donors (Lipinski definition) is 0. The van der Waals surface area contributed by atoms with Crippen molar-refractivity contribution in [2.75, 3.05) is 0 Å². The Morgan fingerprint density at radius 1 is 1.17 bits per heavy atom. The molecule has 1 aromatic carbocycles. The van der Waals surface area contributed by atoms with Crippen LogP contribution in [0.2, 0.25) is 0 Å². The lowest BCUT2D eigenvalue weighted by Gasteiger charge is -2.24. The summed E-state index contributed by atoms with van der Waals surface area (Å²) in [6.07, 6.45) is 2.83. The van der Waals surface area contributed by atoms with Gasteiger partial charge < -0.3 is 9.47 Å². The van der Waals surface area contributed by atoms with E-state index in [9.17, 15) is 0 Å². The number of hydrogen-bond acceptors (Lipinski definition) is 2. The van der Waals surface area contributed by atoms with Crippen LogP contribution in [0.5, 0.6) is 11.5 Å². The molecule has 18 heavy (non-hydrogen) atoms. The molecule has 1 aromatic rings. The smallest absolute Gasteiger partial charge is 0.123 e. The first kappa shape index (κ1) is 13.3. The molecule has 0 unspecified atom stereocenters. The van der Waals surface area contributed by atoms with Crippen molar-refractivity contribution >= 4 is 0 Å². The molecular weight excluding hydrogens is 224 g/mol. The van der Waals surface area contributed by atoms with Crippen molar-refractivity contribution in [3.8, 4) is 11.5 Å².